The van der Waals surface area contributed by atoms with E-state index < -0.39 is 17.9 Å². The van der Waals surface area contributed by atoms with E-state index in [1.54, 1.807) is 6.92 Å². The minimum Gasteiger partial charge on any atom is -0.476 e. The number of rotatable bonds is 7. The monoisotopic (exact) mass is 297 g/mol. The van der Waals surface area contributed by atoms with Crippen molar-refractivity contribution in [1.82, 2.24) is 25.6 Å². The molecule has 2 amide bonds. The van der Waals surface area contributed by atoms with Crippen LogP contribution in [0.15, 0.2) is 6.20 Å². The molecule has 0 radical (unpaired) electrons. The van der Waals surface area contributed by atoms with Gasteiger partial charge in [0.15, 0.2) is 5.69 Å². The predicted molar refractivity (Wildman–Crippen MR) is 72.4 cm³/mol. The van der Waals surface area contributed by atoms with Gasteiger partial charge >= 0.3 is 5.97 Å². The average molecular weight is 297 g/mol. The van der Waals surface area contributed by atoms with E-state index in [-0.39, 0.29) is 18.1 Å². The molecule has 0 aliphatic heterocycles. The van der Waals surface area contributed by atoms with Crippen molar-refractivity contribution in [2.75, 3.05) is 6.54 Å². The highest BCUT2D eigenvalue weighted by Gasteiger charge is 2.16. The molecular weight excluding hydrogens is 278 g/mol. The molecule has 9 nitrogen and oxygen atoms in total. The first-order valence-electron chi connectivity index (χ1n) is 6.50. The van der Waals surface area contributed by atoms with Crippen molar-refractivity contribution in [3.8, 4) is 0 Å². The Balaban J connectivity index is 2.45. The summed E-state index contributed by atoms with van der Waals surface area (Å²) in [4.78, 5) is 34.0. The summed E-state index contributed by atoms with van der Waals surface area (Å²) >= 11 is 0. The Bertz CT molecular complexity index is 525. The van der Waals surface area contributed by atoms with Crippen molar-refractivity contribution < 1.29 is 19.5 Å². The van der Waals surface area contributed by atoms with Crippen LogP contribution >= 0.6 is 0 Å². The third-order valence-corrected chi connectivity index (χ3v) is 2.52. The molecule has 0 saturated carbocycles. The number of carboxylic acids is 1. The van der Waals surface area contributed by atoms with E-state index >= 15 is 0 Å². The van der Waals surface area contributed by atoms with Crippen LogP contribution in [0.25, 0.3) is 0 Å². The average Bonchev–Trinajstić information content (AvgIpc) is 2.84. The van der Waals surface area contributed by atoms with Crippen molar-refractivity contribution in [2.24, 2.45) is 5.92 Å². The number of carboxylic acid groups (broad SMARTS) is 1. The standard InChI is InChI=1S/C12H19N5O4/c1-7(2)4-13-11(19)8(3)14-10(18)6-17-5-9(12(20)21)15-16-17/h5,7-8H,4,6H2,1-3H3,(H,13,19)(H,14,18)(H,20,21). The summed E-state index contributed by atoms with van der Waals surface area (Å²) in [5.74, 6) is -1.63. The summed E-state index contributed by atoms with van der Waals surface area (Å²) in [7, 11) is 0. The maximum atomic E-state index is 11.7. The maximum absolute atomic E-state index is 11.7. The van der Waals surface area contributed by atoms with Crippen molar-refractivity contribution in [2.45, 2.75) is 33.4 Å². The van der Waals surface area contributed by atoms with Gasteiger partial charge in [-0.25, -0.2) is 9.48 Å². The molecule has 1 atom stereocenters. The fraction of sp³-hybridized carbons (Fsp3) is 0.583. The highest BCUT2D eigenvalue weighted by atomic mass is 16.4. The van der Waals surface area contributed by atoms with E-state index in [1.807, 2.05) is 13.8 Å². The molecule has 0 spiro atoms. The van der Waals surface area contributed by atoms with Crippen LogP contribution in [-0.2, 0) is 16.1 Å². The summed E-state index contributed by atoms with van der Waals surface area (Å²) in [6.45, 7) is 5.83. The lowest BCUT2D eigenvalue weighted by atomic mass is 10.2. The zero-order valence-electron chi connectivity index (χ0n) is 12.2. The second kappa shape index (κ2) is 7.36. The molecule has 21 heavy (non-hydrogen) atoms. The Labute approximate surface area is 121 Å². The van der Waals surface area contributed by atoms with Crippen LogP contribution in [0.2, 0.25) is 0 Å². The number of carbonyl (C=O) groups is 3. The van der Waals surface area contributed by atoms with Gasteiger partial charge in [-0.3, -0.25) is 9.59 Å². The lowest BCUT2D eigenvalue weighted by Gasteiger charge is -2.15. The number of aromatic nitrogens is 3. The van der Waals surface area contributed by atoms with Crippen molar-refractivity contribution in [3.63, 3.8) is 0 Å². The van der Waals surface area contributed by atoms with E-state index in [4.69, 9.17) is 5.11 Å². The highest BCUT2D eigenvalue weighted by molar-refractivity contribution is 5.87. The Morgan fingerprint density at radius 2 is 2.00 bits per heavy atom. The SMILES string of the molecule is CC(C)CNC(=O)C(C)NC(=O)Cn1cc(C(=O)O)nn1. The van der Waals surface area contributed by atoms with E-state index in [0.717, 1.165) is 10.9 Å². The fourth-order valence-corrected chi connectivity index (χ4v) is 1.43. The molecule has 9 heteroatoms. The van der Waals surface area contributed by atoms with Gasteiger partial charge < -0.3 is 15.7 Å². The van der Waals surface area contributed by atoms with E-state index in [1.165, 1.54) is 0 Å². The summed E-state index contributed by atoms with van der Waals surface area (Å²) in [6.07, 6.45) is 1.14. The zero-order valence-corrected chi connectivity index (χ0v) is 12.2. The third-order valence-electron chi connectivity index (χ3n) is 2.52. The Morgan fingerprint density at radius 3 is 2.52 bits per heavy atom. The molecular formula is C12H19N5O4. The normalized spacial score (nSPS) is 12.0. The molecule has 1 unspecified atom stereocenters. The quantitative estimate of drug-likeness (QED) is 0.608. The maximum Gasteiger partial charge on any atom is 0.358 e. The van der Waals surface area contributed by atoms with E-state index in [0.29, 0.717) is 12.5 Å². The van der Waals surface area contributed by atoms with Gasteiger partial charge in [-0.1, -0.05) is 19.1 Å². The highest BCUT2D eigenvalue weighted by Crippen LogP contribution is 1.94. The molecule has 0 saturated heterocycles. The number of hydrogen-bond donors (Lipinski definition) is 3. The molecule has 3 N–H and O–H groups in total. The van der Waals surface area contributed by atoms with E-state index in [9.17, 15) is 14.4 Å². The molecule has 1 heterocycles. The number of nitrogens with one attached hydrogen (secondary N) is 2. The van der Waals surface area contributed by atoms with Gasteiger partial charge in [0.1, 0.15) is 12.6 Å². The molecule has 0 bridgehead atoms. The van der Waals surface area contributed by atoms with Gasteiger partial charge in [-0.05, 0) is 12.8 Å². The van der Waals surface area contributed by atoms with Gasteiger partial charge in [0.2, 0.25) is 11.8 Å². The summed E-state index contributed by atoms with van der Waals surface area (Å²) in [5.41, 5.74) is -0.245. The first-order chi connectivity index (χ1) is 9.79. The fourth-order valence-electron chi connectivity index (χ4n) is 1.43. The predicted octanol–water partition coefficient (Wildman–Crippen LogP) is -0.747. The number of nitrogens with zero attached hydrogens (tertiary/aromatic N) is 3. The van der Waals surface area contributed by atoms with Crippen molar-refractivity contribution in [1.29, 1.82) is 0 Å². The Morgan fingerprint density at radius 1 is 1.33 bits per heavy atom. The van der Waals surface area contributed by atoms with E-state index in [2.05, 4.69) is 20.9 Å². The smallest absolute Gasteiger partial charge is 0.358 e. The lowest BCUT2D eigenvalue weighted by molar-refractivity contribution is -0.129. The Hall–Kier alpha value is -2.45. The van der Waals surface area contributed by atoms with Crippen molar-refractivity contribution in [3.05, 3.63) is 11.9 Å². The second-order valence-corrected chi connectivity index (χ2v) is 5.03. The summed E-state index contributed by atoms with van der Waals surface area (Å²) in [6, 6.07) is -0.682. The molecule has 0 fully saturated rings. The molecule has 116 valence electrons. The molecule has 1 aromatic rings. The number of amides is 2. The first kappa shape index (κ1) is 16.6. The second-order valence-electron chi connectivity index (χ2n) is 5.03. The zero-order chi connectivity index (χ0) is 16.0. The largest absolute Gasteiger partial charge is 0.476 e. The van der Waals surface area contributed by atoms with Crippen LogP contribution in [0.4, 0.5) is 0 Å². The van der Waals surface area contributed by atoms with Crippen LogP contribution in [-0.4, -0.2) is 50.5 Å². The number of hydrogen-bond acceptors (Lipinski definition) is 5. The molecule has 0 aliphatic rings. The minimum absolute atomic E-state index is 0.206. The number of aromatic carboxylic acids is 1. The molecule has 0 aromatic carbocycles. The molecule has 0 aliphatic carbocycles. The van der Waals surface area contributed by atoms with Crippen LogP contribution < -0.4 is 10.6 Å². The molecule has 1 aromatic heterocycles. The third kappa shape index (κ3) is 5.59. The van der Waals surface area contributed by atoms with Crippen LogP contribution in [0.3, 0.4) is 0 Å². The molecule has 1 rings (SSSR count). The van der Waals surface area contributed by atoms with Gasteiger partial charge in [0, 0.05) is 6.54 Å². The van der Waals surface area contributed by atoms with Gasteiger partial charge in [0.25, 0.3) is 0 Å². The lowest BCUT2D eigenvalue weighted by Crippen LogP contribution is -2.46. The van der Waals surface area contributed by atoms with Gasteiger partial charge in [0.05, 0.1) is 6.20 Å². The minimum atomic E-state index is -1.22. The van der Waals surface area contributed by atoms with Crippen LogP contribution in [0.5, 0.6) is 0 Å². The summed E-state index contributed by atoms with van der Waals surface area (Å²) in [5, 5.41) is 20.8. The summed E-state index contributed by atoms with van der Waals surface area (Å²) < 4.78 is 1.09. The topological polar surface area (TPSA) is 126 Å². The van der Waals surface area contributed by atoms with Crippen molar-refractivity contribution >= 4 is 17.8 Å². The van der Waals surface area contributed by atoms with Gasteiger partial charge in [-0.2, -0.15) is 0 Å². The van der Waals surface area contributed by atoms with Crippen LogP contribution in [0.1, 0.15) is 31.3 Å². The van der Waals surface area contributed by atoms with Gasteiger partial charge in [-0.15, -0.1) is 5.10 Å². The Kier molecular flexibility index (Phi) is 5.82. The first-order valence-corrected chi connectivity index (χ1v) is 6.50. The van der Waals surface area contributed by atoms with Crippen LogP contribution in [0, 0.1) is 5.92 Å². The number of carbonyl (C=O) groups excluding carboxylic acids is 2.